The third-order valence-corrected chi connectivity index (χ3v) is 5.16. The third-order valence-electron chi connectivity index (χ3n) is 4.93. The first-order chi connectivity index (χ1) is 13.7. The standard InChI is InChI=1S/C24H21ClN2O/c25-19-11-12-23-21(15-19)22(16-26-23)18(13-17-7-3-1-4-8-17)14-24(28)27-20-9-5-2-6-10-20/h1-12,15-16,18,26H,13-14H2,(H,27,28)/t18-/m1/s1. The molecule has 1 aromatic heterocycles. The molecule has 1 amide bonds. The number of aromatic amines is 1. The van der Waals surface area contributed by atoms with Gasteiger partial charge in [-0.2, -0.15) is 0 Å². The van der Waals surface area contributed by atoms with Gasteiger partial charge in [0.25, 0.3) is 0 Å². The topological polar surface area (TPSA) is 44.9 Å². The van der Waals surface area contributed by atoms with Gasteiger partial charge < -0.3 is 10.3 Å². The summed E-state index contributed by atoms with van der Waals surface area (Å²) in [5.74, 6) is 0.0434. The van der Waals surface area contributed by atoms with E-state index in [1.54, 1.807) is 0 Å². The third kappa shape index (κ3) is 4.26. The largest absolute Gasteiger partial charge is 0.361 e. The minimum atomic E-state index is 0.00325. The summed E-state index contributed by atoms with van der Waals surface area (Å²) in [5, 5.41) is 4.77. The van der Waals surface area contributed by atoms with Gasteiger partial charge in [-0.15, -0.1) is 0 Å². The lowest BCUT2D eigenvalue weighted by Crippen LogP contribution is -2.17. The lowest BCUT2D eigenvalue weighted by atomic mass is 9.88. The number of hydrogen-bond donors (Lipinski definition) is 2. The van der Waals surface area contributed by atoms with E-state index in [2.05, 4.69) is 22.4 Å². The summed E-state index contributed by atoms with van der Waals surface area (Å²) in [7, 11) is 0. The number of carbonyl (C=O) groups excluding carboxylic acids is 1. The molecule has 0 bridgehead atoms. The first-order valence-electron chi connectivity index (χ1n) is 9.34. The highest BCUT2D eigenvalue weighted by Crippen LogP contribution is 2.32. The summed E-state index contributed by atoms with van der Waals surface area (Å²) in [6.45, 7) is 0. The van der Waals surface area contributed by atoms with Crippen LogP contribution in [0.3, 0.4) is 0 Å². The van der Waals surface area contributed by atoms with Crippen molar-refractivity contribution in [3.8, 4) is 0 Å². The highest BCUT2D eigenvalue weighted by molar-refractivity contribution is 6.31. The normalized spacial score (nSPS) is 12.0. The van der Waals surface area contributed by atoms with Crippen LogP contribution in [0.1, 0.15) is 23.5 Å². The van der Waals surface area contributed by atoms with Crippen molar-refractivity contribution in [3.05, 3.63) is 101 Å². The van der Waals surface area contributed by atoms with E-state index < -0.39 is 0 Å². The number of amides is 1. The molecule has 4 aromatic rings. The number of benzene rings is 3. The van der Waals surface area contributed by atoms with Crippen LogP contribution in [0.5, 0.6) is 0 Å². The van der Waals surface area contributed by atoms with E-state index in [9.17, 15) is 4.79 Å². The van der Waals surface area contributed by atoms with Gasteiger partial charge in [-0.1, -0.05) is 60.1 Å². The van der Waals surface area contributed by atoms with Gasteiger partial charge in [0.15, 0.2) is 0 Å². The van der Waals surface area contributed by atoms with E-state index in [4.69, 9.17) is 11.6 Å². The minimum absolute atomic E-state index is 0.00325. The Labute approximate surface area is 169 Å². The van der Waals surface area contributed by atoms with Gasteiger partial charge in [0.2, 0.25) is 5.91 Å². The number of rotatable bonds is 6. The van der Waals surface area contributed by atoms with Crippen LogP contribution in [0, 0.1) is 0 Å². The number of aromatic nitrogens is 1. The SMILES string of the molecule is O=C(C[C@@H](Cc1ccccc1)c1c[nH]c2ccc(Cl)cc12)Nc1ccccc1. The van der Waals surface area contributed by atoms with Gasteiger partial charge in [0.05, 0.1) is 0 Å². The Morgan fingerprint density at radius 3 is 2.43 bits per heavy atom. The molecule has 0 unspecified atom stereocenters. The molecule has 0 aliphatic heterocycles. The van der Waals surface area contributed by atoms with Crippen LogP contribution in [-0.2, 0) is 11.2 Å². The molecule has 4 rings (SSSR count). The second-order valence-corrected chi connectivity index (χ2v) is 7.38. The highest BCUT2D eigenvalue weighted by Gasteiger charge is 2.20. The van der Waals surface area contributed by atoms with Crippen LogP contribution in [0.4, 0.5) is 5.69 Å². The zero-order valence-electron chi connectivity index (χ0n) is 15.4. The van der Waals surface area contributed by atoms with Gasteiger partial charge in [0.1, 0.15) is 0 Å². The molecule has 1 heterocycles. The maximum Gasteiger partial charge on any atom is 0.224 e. The van der Waals surface area contributed by atoms with Gasteiger partial charge in [-0.25, -0.2) is 0 Å². The second kappa shape index (κ2) is 8.32. The van der Waals surface area contributed by atoms with E-state index in [0.717, 1.165) is 28.6 Å². The number of para-hydroxylation sites is 1. The molecule has 3 nitrogen and oxygen atoms in total. The Morgan fingerprint density at radius 1 is 0.964 bits per heavy atom. The van der Waals surface area contributed by atoms with Crippen molar-refractivity contribution < 1.29 is 4.79 Å². The van der Waals surface area contributed by atoms with Crippen molar-refractivity contribution in [1.82, 2.24) is 4.98 Å². The number of hydrogen-bond acceptors (Lipinski definition) is 1. The van der Waals surface area contributed by atoms with Gasteiger partial charge in [-0.3, -0.25) is 4.79 Å². The molecule has 0 saturated carbocycles. The summed E-state index contributed by atoms with van der Waals surface area (Å²) in [6, 6.07) is 25.6. The van der Waals surface area contributed by atoms with E-state index in [-0.39, 0.29) is 11.8 Å². The Hall–Kier alpha value is -3.04. The van der Waals surface area contributed by atoms with Gasteiger partial charge in [-0.05, 0) is 53.8 Å². The van der Waals surface area contributed by atoms with E-state index in [1.807, 2.05) is 72.9 Å². The molecule has 28 heavy (non-hydrogen) atoms. The van der Waals surface area contributed by atoms with Crippen molar-refractivity contribution in [2.75, 3.05) is 5.32 Å². The fraction of sp³-hybridized carbons (Fsp3) is 0.125. The molecule has 3 aromatic carbocycles. The van der Waals surface area contributed by atoms with E-state index >= 15 is 0 Å². The molecular weight excluding hydrogens is 368 g/mol. The predicted octanol–water partition coefficient (Wildman–Crippen LogP) is 6.18. The van der Waals surface area contributed by atoms with E-state index in [1.165, 1.54) is 5.56 Å². The fourth-order valence-electron chi connectivity index (χ4n) is 3.60. The molecule has 0 fully saturated rings. The summed E-state index contributed by atoms with van der Waals surface area (Å²) >= 11 is 6.23. The Balaban J connectivity index is 1.63. The maximum absolute atomic E-state index is 12.8. The average Bonchev–Trinajstić information content (AvgIpc) is 3.12. The Bertz CT molecular complexity index is 1070. The second-order valence-electron chi connectivity index (χ2n) is 6.94. The zero-order chi connectivity index (χ0) is 19.3. The Morgan fingerprint density at radius 2 is 1.68 bits per heavy atom. The summed E-state index contributed by atoms with van der Waals surface area (Å²) in [6.07, 6.45) is 3.18. The maximum atomic E-state index is 12.8. The lowest BCUT2D eigenvalue weighted by molar-refractivity contribution is -0.116. The van der Waals surface area contributed by atoms with Crippen molar-refractivity contribution in [3.63, 3.8) is 0 Å². The fourth-order valence-corrected chi connectivity index (χ4v) is 3.77. The first kappa shape index (κ1) is 18.3. The molecule has 2 N–H and O–H groups in total. The number of carbonyl (C=O) groups is 1. The Kier molecular flexibility index (Phi) is 5.45. The highest BCUT2D eigenvalue weighted by atomic mass is 35.5. The number of fused-ring (bicyclic) bond motifs is 1. The number of nitrogens with one attached hydrogen (secondary N) is 2. The molecule has 0 aliphatic rings. The molecule has 1 atom stereocenters. The minimum Gasteiger partial charge on any atom is -0.361 e. The summed E-state index contributed by atoms with van der Waals surface area (Å²) in [4.78, 5) is 16.1. The quantitative estimate of drug-likeness (QED) is 0.407. The van der Waals surface area contributed by atoms with Crippen LogP contribution >= 0.6 is 11.6 Å². The van der Waals surface area contributed by atoms with Gasteiger partial charge >= 0.3 is 0 Å². The molecular formula is C24H21ClN2O. The van der Waals surface area contributed by atoms with Crippen molar-refractivity contribution in [2.24, 2.45) is 0 Å². The van der Waals surface area contributed by atoms with Gasteiger partial charge in [0, 0.05) is 34.2 Å². The summed E-state index contributed by atoms with van der Waals surface area (Å²) in [5.41, 5.74) is 4.16. The van der Waals surface area contributed by atoms with Crippen LogP contribution in [0.15, 0.2) is 85.1 Å². The van der Waals surface area contributed by atoms with Crippen LogP contribution < -0.4 is 5.32 Å². The average molecular weight is 389 g/mol. The summed E-state index contributed by atoms with van der Waals surface area (Å²) < 4.78 is 0. The van der Waals surface area contributed by atoms with Crippen molar-refractivity contribution in [1.29, 1.82) is 0 Å². The van der Waals surface area contributed by atoms with Crippen molar-refractivity contribution >= 4 is 34.1 Å². The smallest absolute Gasteiger partial charge is 0.224 e. The zero-order valence-corrected chi connectivity index (χ0v) is 16.1. The molecule has 0 radical (unpaired) electrons. The molecule has 0 aliphatic carbocycles. The van der Waals surface area contributed by atoms with Crippen LogP contribution in [-0.4, -0.2) is 10.9 Å². The van der Waals surface area contributed by atoms with Crippen LogP contribution in [0.25, 0.3) is 10.9 Å². The molecule has 0 saturated heterocycles. The van der Waals surface area contributed by atoms with Crippen molar-refractivity contribution in [2.45, 2.75) is 18.8 Å². The number of halogens is 1. The predicted molar refractivity (Wildman–Crippen MR) is 116 cm³/mol. The molecule has 0 spiro atoms. The molecule has 140 valence electrons. The van der Waals surface area contributed by atoms with E-state index in [0.29, 0.717) is 11.4 Å². The number of H-pyrrole nitrogens is 1. The van der Waals surface area contributed by atoms with Crippen LogP contribution in [0.2, 0.25) is 5.02 Å². The first-order valence-corrected chi connectivity index (χ1v) is 9.72. The number of anilines is 1. The lowest BCUT2D eigenvalue weighted by Gasteiger charge is -2.17. The monoisotopic (exact) mass is 388 g/mol. The molecule has 4 heteroatoms.